The molecule has 15 heavy (non-hydrogen) atoms. The highest BCUT2D eigenvalue weighted by atomic mass is 16.4. The summed E-state index contributed by atoms with van der Waals surface area (Å²) in [5, 5.41) is 26.0. The van der Waals surface area contributed by atoms with Crippen LogP contribution in [-0.2, 0) is 14.4 Å². The Hall–Kier alpha value is -1.63. The Balaban J connectivity index is 2.71. The van der Waals surface area contributed by atoms with E-state index < -0.39 is 36.4 Å². The first kappa shape index (κ1) is 11.4. The lowest BCUT2D eigenvalue weighted by atomic mass is 10.1. The molecular weight excluding hydrogens is 206 g/mol. The number of likely N-dealkylation sites (tertiary alicyclic amines) is 1. The van der Waals surface area contributed by atoms with E-state index in [1.165, 1.54) is 0 Å². The molecule has 1 rings (SSSR count). The van der Waals surface area contributed by atoms with Gasteiger partial charge in [-0.05, 0) is 6.42 Å². The van der Waals surface area contributed by atoms with Crippen LogP contribution in [0.15, 0.2) is 0 Å². The standard InChI is InChI=1S/C8H11NO6/c10-6(11)3-9-2-4(7(12)13)1-5(9)8(14)15/h4-5H,1-3H2,(H,10,11)(H,12,13)(H,14,15). The van der Waals surface area contributed by atoms with Crippen LogP contribution in [0.3, 0.4) is 0 Å². The smallest absolute Gasteiger partial charge is 0.320 e. The molecule has 0 bridgehead atoms. The van der Waals surface area contributed by atoms with Crippen LogP contribution in [0.25, 0.3) is 0 Å². The third kappa shape index (κ3) is 2.66. The fraction of sp³-hybridized carbons (Fsp3) is 0.625. The van der Waals surface area contributed by atoms with Crippen LogP contribution >= 0.6 is 0 Å². The van der Waals surface area contributed by atoms with Gasteiger partial charge >= 0.3 is 17.9 Å². The van der Waals surface area contributed by atoms with Gasteiger partial charge in [-0.3, -0.25) is 19.3 Å². The number of aliphatic carboxylic acids is 3. The molecule has 84 valence electrons. The second kappa shape index (κ2) is 4.26. The molecule has 2 atom stereocenters. The molecule has 1 heterocycles. The molecule has 0 radical (unpaired) electrons. The van der Waals surface area contributed by atoms with Crippen molar-refractivity contribution in [1.82, 2.24) is 4.90 Å². The van der Waals surface area contributed by atoms with Crippen LogP contribution < -0.4 is 0 Å². The monoisotopic (exact) mass is 217 g/mol. The normalized spacial score (nSPS) is 26.4. The molecule has 3 N–H and O–H groups in total. The zero-order chi connectivity index (χ0) is 11.6. The summed E-state index contributed by atoms with van der Waals surface area (Å²) >= 11 is 0. The SMILES string of the molecule is O=C(O)CN1CC(C(=O)O)CC1C(=O)O. The lowest BCUT2D eigenvalue weighted by molar-refractivity contribution is -0.145. The number of nitrogens with zero attached hydrogens (tertiary/aromatic N) is 1. The minimum atomic E-state index is -1.18. The minimum Gasteiger partial charge on any atom is -0.481 e. The first-order valence-corrected chi connectivity index (χ1v) is 4.33. The van der Waals surface area contributed by atoms with Gasteiger partial charge in [-0.2, -0.15) is 0 Å². The number of carbonyl (C=O) groups is 3. The lowest BCUT2D eigenvalue weighted by Gasteiger charge is -2.17. The molecule has 0 saturated carbocycles. The third-order valence-electron chi connectivity index (χ3n) is 2.38. The topological polar surface area (TPSA) is 115 Å². The van der Waals surface area contributed by atoms with Crippen molar-refractivity contribution in [3.8, 4) is 0 Å². The van der Waals surface area contributed by atoms with E-state index >= 15 is 0 Å². The highest BCUT2D eigenvalue weighted by Gasteiger charge is 2.40. The van der Waals surface area contributed by atoms with E-state index in [0.717, 1.165) is 4.90 Å². The molecule has 0 aromatic rings. The number of carboxylic acid groups (broad SMARTS) is 3. The molecule has 1 aliphatic rings. The molecule has 2 unspecified atom stereocenters. The Bertz CT molecular complexity index is 302. The summed E-state index contributed by atoms with van der Waals surface area (Å²) in [7, 11) is 0. The Labute approximate surface area is 84.9 Å². The molecule has 0 aromatic carbocycles. The van der Waals surface area contributed by atoms with Crippen LogP contribution in [0.1, 0.15) is 6.42 Å². The lowest BCUT2D eigenvalue weighted by Crippen LogP contribution is -2.39. The van der Waals surface area contributed by atoms with Gasteiger partial charge in [-0.1, -0.05) is 0 Å². The largest absolute Gasteiger partial charge is 0.481 e. The van der Waals surface area contributed by atoms with E-state index in [0.29, 0.717) is 0 Å². The maximum absolute atomic E-state index is 10.7. The minimum absolute atomic E-state index is 0.0292. The maximum atomic E-state index is 10.7. The van der Waals surface area contributed by atoms with Gasteiger partial charge in [0.2, 0.25) is 0 Å². The van der Waals surface area contributed by atoms with Crippen molar-refractivity contribution in [2.45, 2.75) is 12.5 Å². The van der Waals surface area contributed by atoms with E-state index in [1.807, 2.05) is 0 Å². The zero-order valence-electron chi connectivity index (χ0n) is 7.79. The number of hydrogen-bond donors (Lipinski definition) is 3. The van der Waals surface area contributed by atoms with Crippen LogP contribution in [0.4, 0.5) is 0 Å². The van der Waals surface area contributed by atoms with E-state index in [4.69, 9.17) is 15.3 Å². The Morgan fingerprint density at radius 2 is 1.73 bits per heavy atom. The summed E-state index contributed by atoms with van der Waals surface area (Å²) in [6, 6.07) is -1.01. The van der Waals surface area contributed by atoms with E-state index in [-0.39, 0.29) is 13.0 Å². The van der Waals surface area contributed by atoms with Crippen LogP contribution in [-0.4, -0.2) is 57.3 Å². The Morgan fingerprint density at radius 3 is 2.13 bits per heavy atom. The maximum Gasteiger partial charge on any atom is 0.320 e. The fourth-order valence-electron chi connectivity index (χ4n) is 1.69. The molecule has 1 fully saturated rings. The van der Waals surface area contributed by atoms with Crippen molar-refractivity contribution in [3.05, 3.63) is 0 Å². The van der Waals surface area contributed by atoms with Crippen molar-refractivity contribution in [2.24, 2.45) is 5.92 Å². The van der Waals surface area contributed by atoms with Gasteiger partial charge in [0.1, 0.15) is 6.04 Å². The van der Waals surface area contributed by atoms with Crippen molar-refractivity contribution < 1.29 is 29.7 Å². The van der Waals surface area contributed by atoms with E-state index in [9.17, 15) is 14.4 Å². The van der Waals surface area contributed by atoms with Gasteiger partial charge < -0.3 is 15.3 Å². The first-order chi connectivity index (χ1) is 6.91. The quantitative estimate of drug-likeness (QED) is 0.549. The van der Waals surface area contributed by atoms with Crippen molar-refractivity contribution in [3.63, 3.8) is 0 Å². The van der Waals surface area contributed by atoms with Crippen molar-refractivity contribution in [1.29, 1.82) is 0 Å². The summed E-state index contributed by atoms with van der Waals surface area (Å²) < 4.78 is 0. The number of carboxylic acids is 3. The molecule has 1 aliphatic heterocycles. The summed E-state index contributed by atoms with van der Waals surface area (Å²) in [4.78, 5) is 32.9. The molecule has 0 aromatic heterocycles. The van der Waals surface area contributed by atoms with Gasteiger partial charge in [0.05, 0.1) is 12.5 Å². The first-order valence-electron chi connectivity index (χ1n) is 4.33. The molecule has 7 nitrogen and oxygen atoms in total. The highest BCUT2D eigenvalue weighted by molar-refractivity contribution is 5.79. The van der Waals surface area contributed by atoms with Gasteiger partial charge in [0, 0.05) is 6.54 Å². The van der Waals surface area contributed by atoms with Crippen LogP contribution in [0, 0.1) is 5.92 Å². The average Bonchev–Trinajstić information content (AvgIpc) is 2.46. The Kier molecular flexibility index (Phi) is 3.25. The van der Waals surface area contributed by atoms with E-state index in [1.54, 1.807) is 0 Å². The van der Waals surface area contributed by atoms with Crippen molar-refractivity contribution >= 4 is 17.9 Å². The summed E-state index contributed by atoms with van der Waals surface area (Å²) in [5.41, 5.74) is 0. The predicted octanol–water partition coefficient (Wildman–Crippen LogP) is -1.07. The van der Waals surface area contributed by atoms with Crippen molar-refractivity contribution in [2.75, 3.05) is 13.1 Å². The van der Waals surface area contributed by atoms with Crippen LogP contribution in [0.5, 0.6) is 0 Å². The summed E-state index contributed by atoms with van der Waals surface area (Å²) in [6.07, 6.45) is -0.0437. The molecule has 1 saturated heterocycles. The molecule has 0 aliphatic carbocycles. The van der Waals surface area contributed by atoms with Gasteiger partial charge in [0.25, 0.3) is 0 Å². The predicted molar refractivity (Wildman–Crippen MR) is 46.4 cm³/mol. The highest BCUT2D eigenvalue weighted by Crippen LogP contribution is 2.23. The molecule has 0 amide bonds. The number of rotatable bonds is 4. The molecule has 0 spiro atoms. The molecular formula is C8H11NO6. The fourth-order valence-corrected chi connectivity index (χ4v) is 1.69. The second-order valence-electron chi connectivity index (χ2n) is 3.45. The summed E-state index contributed by atoms with van der Waals surface area (Å²) in [6.45, 7) is -0.473. The van der Waals surface area contributed by atoms with Gasteiger partial charge in [-0.15, -0.1) is 0 Å². The summed E-state index contributed by atoms with van der Waals surface area (Å²) in [5.74, 6) is -4.23. The molecule has 7 heteroatoms. The number of hydrogen-bond acceptors (Lipinski definition) is 4. The van der Waals surface area contributed by atoms with Gasteiger partial charge in [-0.25, -0.2) is 0 Å². The third-order valence-corrected chi connectivity index (χ3v) is 2.38. The average molecular weight is 217 g/mol. The zero-order valence-corrected chi connectivity index (χ0v) is 7.79. The van der Waals surface area contributed by atoms with Gasteiger partial charge in [0.15, 0.2) is 0 Å². The second-order valence-corrected chi connectivity index (χ2v) is 3.45. The van der Waals surface area contributed by atoms with E-state index in [2.05, 4.69) is 0 Å². The van der Waals surface area contributed by atoms with Crippen LogP contribution in [0.2, 0.25) is 0 Å². The Morgan fingerprint density at radius 1 is 1.13 bits per heavy atom.